The molecule has 3 aromatic rings. The lowest BCUT2D eigenvalue weighted by molar-refractivity contribution is 1.07. The van der Waals surface area contributed by atoms with Crippen LogP contribution in [0.2, 0.25) is 5.02 Å². The van der Waals surface area contributed by atoms with Crippen LogP contribution in [-0.4, -0.2) is 15.0 Å². The smallest absolute Gasteiger partial charge is 0.115 e. The lowest BCUT2D eigenvalue weighted by Gasteiger charge is -2.06. The van der Waals surface area contributed by atoms with Crippen molar-refractivity contribution in [3.63, 3.8) is 0 Å². The largest absolute Gasteiger partial charge is 0.250 e. The average Bonchev–Trinajstić information content (AvgIpc) is 2.46. The van der Waals surface area contributed by atoms with Crippen LogP contribution in [0.25, 0.3) is 11.0 Å². The quantitative estimate of drug-likeness (QED) is 0.677. The Hall–Kier alpha value is -1.65. The van der Waals surface area contributed by atoms with Crippen LogP contribution >= 0.6 is 23.4 Å². The van der Waals surface area contributed by atoms with Gasteiger partial charge in [-0.1, -0.05) is 35.5 Å². The fraction of sp³-hybridized carbons (Fsp3) is 0.133. The van der Waals surface area contributed by atoms with Crippen LogP contribution in [-0.2, 0) is 5.75 Å². The minimum Gasteiger partial charge on any atom is -0.250 e. The van der Waals surface area contributed by atoms with Gasteiger partial charge in [0.15, 0.2) is 0 Å². The van der Waals surface area contributed by atoms with Gasteiger partial charge in [0.05, 0.1) is 27.4 Å². The van der Waals surface area contributed by atoms with Crippen LogP contribution < -0.4 is 0 Å². The van der Waals surface area contributed by atoms with Crippen LogP contribution in [0.15, 0.2) is 47.6 Å². The summed E-state index contributed by atoms with van der Waals surface area (Å²) in [4.78, 5) is 13.5. The van der Waals surface area contributed by atoms with Gasteiger partial charge < -0.3 is 0 Å². The number of rotatable bonds is 3. The van der Waals surface area contributed by atoms with E-state index < -0.39 is 0 Å². The first kappa shape index (κ1) is 13.3. The van der Waals surface area contributed by atoms with Crippen molar-refractivity contribution in [1.29, 1.82) is 0 Å². The number of aryl methyl sites for hydroxylation is 1. The minimum atomic E-state index is 0.670. The summed E-state index contributed by atoms with van der Waals surface area (Å²) in [6.07, 6.45) is 1.74. The minimum absolute atomic E-state index is 0.670. The summed E-state index contributed by atoms with van der Waals surface area (Å²) in [5, 5.41) is 1.49. The van der Waals surface area contributed by atoms with Gasteiger partial charge in [0.1, 0.15) is 5.03 Å². The van der Waals surface area contributed by atoms with E-state index in [9.17, 15) is 0 Å². The van der Waals surface area contributed by atoms with Gasteiger partial charge in [0.2, 0.25) is 0 Å². The molecule has 0 unspecified atom stereocenters. The molecule has 0 saturated heterocycles. The Morgan fingerprint density at radius 1 is 1.05 bits per heavy atom. The molecule has 0 fully saturated rings. The molecule has 0 aliphatic heterocycles. The van der Waals surface area contributed by atoms with Crippen molar-refractivity contribution in [2.75, 3.05) is 0 Å². The number of benzene rings is 1. The third-order valence-corrected chi connectivity index (χ3v) is 4.35. The Morgan fingerprint density at radius 3 is 2.55 bits per heavy atom. The second-order valence-electron chi connectivity index (χ2n) is 4.32. The van der Waals surface area contributed by atoms with E-state index >= 15 is 0 Å². The average molecular weight is 302 g/mol. The summed E-state index contributed by atoms with van der Waals surface area (Å²) in [5.74, 6) is 0.709. The Labute approximate surface area is 126 Å². The highest BCUT2D eigenvalue weighted by Gasteiger charge is 2.08. The number of hydrogen-bond acceptors (Lipinski definition) is 4. The van der Waals surface area contributed by atoms with E-state index in [1.54, 1.807) is 18.0 Å². The van der Waals surface area contributed by atoms with Crippen LogP contribution in [0.4, 0.5) is 0 Å². The highest BCUT2D eigenvalue weighted by atomic mass is 35.5. The van der Waals surface area contributed by atoms with Crippen molar-refractivity contribution in [2.24, 2.45) is 0 Å². The second kappa shape index (κ2) is 5.77. The Bertz CT molecular complexity index is 761. The number of aromatic nitrogens is 3. The summed E-state index contributed by atoms with van der Waals surface area (Å²) in [7, 11) is 0. The Morgan fingerprint density at radius 2 is 1.80 bits per heavy atom. The Balaban J connectivity index is 1.87. The number of fused-ring (bicyclic) bond motifs is 1. The molecule has 0 radical (unpaired) electrons. The zero-order valence-electron chi connectivity index (χ0n) is 10.9. The fourth-order valence-corrected chi connectivity index (χ4v) is 3.05. The van der Waals surface area contributed by atoms with E-state index in [0.29, 0.717) is 10.8 Å². The predicted octanol–water partition coefficient (Wildman–Crippen LogP) is 4.28. The van der Waals surface area contributed by atoms with Gasteiger partial charge in [-0.05, 0) is 31.2 Å². The number of nitrogens with zero attached hydrogens (tertiary/aromatic N) is 3. The van der Waals surface area contributed by atoms with Gasteiger partial charge in [-0.15, -0.1) is 0 Å². The molecule has 0 aliphatic rings. The number of hydrogen-bond donors (Lipinski definition) is 0. The molecule has 2 heterocycles. The summed E-state index contributed by atoms with van der Waals surface area (Å²) >= 11 is 7.68. The molecule has 0 saturated carbocycles. The summed E-state index contributed by atoms with van der Waals surface area (Å²) in [5.41, 5.74) is 3.76. The standard InChI is InChI=1S/C15H12ClN3S/c1-10-14(9-20-15-11(16)5-4-8-17-15)19-13-7-3-2-6-12(13)18-10/h2-8H,9H2,1H3. The van der Waals surface area contributed by atoms with Crippen LogP contribution in [0, 0.1) is 6.92 Å². The molecule has 0 amide bonds. The molecular weight excluding hydrogens is 290 g/mol. The normalized spacial score (nSPS) is 10.9. The maximum Gasteiger partial charge on any atom is 0.115 e. The van der Waals surface area contributed by atoms with Crippen molar-refractivity contribution >= 4 is 34.4 Å². The van der Waals surface area contributed by atoms with Crippen molar-refractivity contribution < 1.29 is 0 Å². The highest BCUT2D eigenvalue weighted by Crippen LogP contribution is 2.27. The van der Waals surface area contributed by atoms with E-state index in [1.807, 2.05) is 43.3 Å². The Kier molecular flexibility index (Phi) is 3.85. The first-order valence-electron chi connectivity index (χ1n) is 6.19. The van der Waals surface area contributed by atoms with E-state index in [-0.39, 0.29) is 0 Å². The van der Waals surface area contributed by atoms with E-state index in [0.717, 1.165) is 27.4 Å². The van der Waals surface area contributed by atoms with Crippen molar-refractivity contribution in [2.45, 2.75) is 17.7 Å². The highest BCUT2D eigenvalue weighted by molar-refractivity contribution is 7.98. The molecule has 2 aromatic heterocycles. The van der Waals surface area contributed by atoms with Gasteiger partial charge in [-0.2, -0.15) is 0 Å². The van der Waals surface area contributed by atoms with Gasteiger partial charge in [-0.3, -0.25) is 0 Å². The second-order valence-corrected chi connectivity index (χ2v) is 5.69. The number of thioether (sulfide) groups is 1. The lowest BCUT2D eigenvalue weighted by atomic mass is 10.2. The van der Waals surface area contributed by atoms with Crippen LogP contribution in [0.1, 0.15) is 11.4 Å². The molecule has 5 heteroatoms. The summed E-state index contributed by atoms with van der Waals surface area (Å²) in [6, 6.07) is 11.6. The van der Waals surface area contributed by atoms with Crippen molar-refractivity contribution in [1.82, 2.24) is 15.0 Å². The van der Waals surface area contributed by atoms with Gasteiger partial charge in [-0.25, -0.2) is 15.0 Å². The first-order valence-corrected chi connectivity index (χ1v) is 7.56. The molecular formula is C15H12ClN3S. The van der Waals surface area contributed by atoms with E-state index in [1.165, 1.54) is 0 Å². The van der Waals surface area contributed by atoms with Crippen molar-refractivity contribution in [3.05, 3.63) is 59.0 Å². The number of pyridine rings is 1. The van der Waals surface area contributed by atoms with Crippen molar-refractivity contribution in [3.8, 4) is 0 Å². The summed E-state index contributed by atoms with van der Waals surface area (Å²) in [6.45, 7) is 1.98. The molecule has 0 bridgehead atoms. The SMILES string of the molecule is Cc1nc2ccccc2nc1CSc1ncccc1Cl. The molecule has 0 atom stereocenters. The molecule has 0 spiro atoms. The molecule has 0 aliphatic carbocycles. The zero-order chi connectivity index (χ0) is 13.9. The molecule has 100 valence electrons. The van der Waals surface area contributed by atoms with Gasteiger partial charge >= 0.3 is 0 Å². The number of halogens is 1. The molecule has 3 nitrogen and oxygen atoms in total. The topological polar surface area (TPSA) is 38.7 Å². The third-order valence-electron chi connectivity index (χ3n) is 2.91. The molecule has 20 heavy (non-hydrogen) atoms. The van der Waals surface area contributed by atoms with E-state index in [4.69, 9.17) is 11.6 Å². The van der Waals surface area contributed by atoms with Gasteiger partial charge in [0.25, 0.3) is 0 Å². The third kappa shape index (κ3) is 2.76. The first-order chi connectivity index (χ1) is 9.74. The zero-order valence-corrected chi connectivity index (χ0v) is 12.4. The van der Waals surface area contributed by atoms with E-state index in [2.05, 4.69) is 15.0 Å². The van der Waals surface area contributed by atoms with Crippen LogP contribution in [0.3, 0.4) is 0 Å². The predicted molar refractivity (Wildman–Crippen MR) is 83.1 cm³/mol. The maximum atomic E-state index is 6.11. The molecule has 0 N–H and O–H groups in total. The maximum absolute atomic E-state index is 6.11. The fourth-order valence-electron chi connectivity index (χ4n) is 1.88. The molecule has 3 rings (SSSR count). The van der Waals surface area contributed by atoms with Gasteiger partial charge in [0, 0.05) is 11.9 Å². The lowest BCUT2D eigenvalue weighted by Crippen LogP contribution is -1.97. The summed E-state index contributed by atoms with van der Waals surface area (Å²) < 4.78 is 0. The monoisotopic (exact) mass is 301 g/mol. The molecule has 1 aromatic carbocycles. The van der Waals surface area contributed by atoms with Crippen LogP contribution in [0.5, 0.6) is 0 Å². The number of para-hydroxylation sites is 2.